The van der Waals surface area contributed by atoms with Gasteiger partial charge in [0.15, 0.2) is 6.29 Å². The van der Waals surface area contributed by atoms with Gasteiger partial charge < -0.3 is 4.90 Å². The molecule has 0 bridgehead atoms. The molecule has 0 atom stereocenters. The quantitative estimate of drug-likeness (QED) is 0.789. The third-order valence-corrected chi connectivity index (χ3v) is 3.06. The van der Waals surface area contributed by atoms with Gasteiger partial charge in [0.05, 0.1) is 5.56 Å². The molecule has 0 fully saturated rings. The highest BCUT2D eigenvalue weighted by Gasteiger charge is 2.34. The summed E-state index contributed by atoms with van der Waals surface area (Å²) in [7, 11) is 3.35. The molecule has 0 aliphatic rings. The molecule has 0 radical (unpaired) electrons. The SMILES string of the molecule is CC/C(C)=c1\ccc(C(F)(F)C=O)c(F)\c1=C\N(C)C. The number of rotatable bonds is 4. The molecule has 1 aromatic carbocycles. The lowest BCUT2D eigenvalue weighted by molar-refractivity contribution is -0.130. The highest BCUT2D eigenvalue weighted by Crippen LogP contribution is 2.25. The lowest BCUT2D eigenvalue weighted by Gasteiger charge is -2.13. The van der Waals surface area contributed by atoms with Crippen molar-refractivity contribution in [2.75, 3.05) is 14.1 Å². The maximum absolute atomic E-state index is 14.4. The van der Waals surface area contributed by atoms with Gasteiger partial charge in [-0.2, -0.15) is 8.78 Å². The second-order valence-electron chi connectivity index (χ2n) is 4.86. The van der Waals surface area contributed by atoms with E-state index in [-0.39, 0.29) is 5.22 Å². The second-order valence-corrected chi connectivity index (χ2v) is 4.86. The van der Waals surface area contributed by atoms with Crippen molar-refractivity contribution in [1.82, 2.24) is 4.90 Å². The van der Waals surface area contributed by atoms with Crippen LogP contribution in [0.5, 0.6) is 0 Å². The zero-order valence-corrected chi connectivity index (χ0v) is 12.0. The molecule has 0 aliphatic carbocycles. The molecule has 2 nitrogen and oxygen atoms in total. The lowest BCUT2D eigenvalue weighted by Crippen LogP contribution is -2.35. The first-order chi connectivity index (χ1) is 9.24. The van der Waals surface area contributed by atoms with Crippen LogP contribution in [-0.4, -0.2) is 25.3 Å². The van der Waals surface area contributed by atoms with Crippen molar-refractivity contribution < 1.29 is 18.0 Å². The fourth-order valence-corrected chi connectivity index (χ4v) is 1.86. The van der Waals surface area contributed by atoms with Crippen molar-refractivity contribution in [1.29, 1.82) is 0 Å². The molecular weight excluding hydrogens is 267 g/mol. The Labute approximate surface area is 116 Å². The average Bonchev–Trinajstić information content (AvgIpc) is 2.39. The van der Waals surface area contributed by atoms with Crippen molar-refractivity contribution in [2.24, 2.45) is 0 Å². The van der Waals surface area contributed by atoms with Gasteiger partial charge in [-0.3, -0.25) is 4.79 Å². The molecule has 1 aromatic rings. The molecule has 5 heteroatoms. The minimum Gasteiger partial charge on any atom is -0.383 e. The molecule has 0 N–H and O–H groups in total. The van der Waals surface area contributed by atoms with E-state index in [9.17, 15) is 18.0 Å². The van der Waals surface area contributed by atoms with E-state index in [0.29, 0.717) is 11.6 Å². The van der Waals surface area contributed by atoms with Crippen molar-refractivity contribution in [2.45, 2.75) is 26.2 Å². The van der Waals surface area contributed by atoms with Gasteiger partial charge in [-0.05, 0) is 24.6 Å². The fourth-order valence-electron chi connectivity index (χ4n) is 1.86. The van der Waals surface area contributed by atoms with Crippen LogP contribution in [0.3, 0.4) is 0 Å². The molecule has 110 valence electrons. The number of carbonyl (C=O) groups excluding carboxylic acids is 1. The van der Waals surface area contributed by atoms with Crippen molar-refractivity contribution in [3.8, 4) is 0 Å². The maximum atomic E-state index is 14.4. The summed E-state index contributed by atoms with van der Waals surface area (Å²) in [6.07, 6.45) is 1.58. The standard InChI is InChI=1S/C15H18F3NO/c1-5-10(2)11-6-7-13(15(17,18)9-20)14(16)12(11)8-19(3)4/h6-9H,5H2,1-4H3/b11-10+,12-8+. The Morgan fingerprint density at radius 3 is 2.40 bits per heavy atom. The summed E-state index contributed by atoms with van der Waals surface area (Å²) in [5, 5.41) is 0.650. The first kappa shape index (κ1) is 16.3. The monoisotopic (exact) mass is 285 g/mol. The molecule has 0 amide bonds. The largest absolute Gasteiger partial charge is 0.383 e. The molecule has 0 saturated heterocycles. The van der Waals surface area contributed by atoms with Gasteiger partial charge >= 0.3 is 5.92 Å². The lowest BCUT2D eigenvalue weighted by atomic mass is 10.0. The van der Waals surface area contributed by atoms with Crippen molar-refractivity contribution in [3.05, 3.63) is 34.0 Å². The summed E-state index contributed by atoms with van der Waals surface area (Å²) in [5.41, 5.74) is -0.00813. The van der Waals surface area contributed by atoms with Crippen LogP contribution in [0.1, 0.15) is 25.8 Å². The molecule has 1 rings (SSSR count). The zero-order chi connectivity index (χ0) is 15.5. The predicted octanol–water partition coefficient (Wildman–Crippen LogP) is 2.00. The number of nitrogens with zero attached hydrogens (tertiary/aromatic N) is 1. The molecule has 20 heavy (non-hydrogen) atoms. The van der Waals surface area contributed by atoms with Crippen LogP contribution in [0.4, 0.5) is 13.2 Å². The van der Waals surface area contributed by atoms with Gasteiger partial charge in [0.2, 0.25) is 0 Å². The van der Waals surface area contributed by atoms with Crippen molar-refractivity contribution >= 4 is 18.1 Å². The Morgan fingerprint density at radius 1 is 1.35 bits per heavy atom. The van der Waals surface area contributed by atoms with E-state index in [0.717, 1.165) is 11.6 Å². The Kier molecular flexibility index (Phi) is 4.98. The van der Waals surface area contributed by atoms with Crippen LogP contribution >= 0.6 is 0 Å². The van der Waals surface area contributed by atoms with Crippen LogP contribution in [-0.2, 0) is 10.7 Å². The first-order valence-corrected chi connectivity index (χ1v) is 6.25. The summed E-state index contributed by atoms with van der Waals surface area (Å²) in [5.74, 6) is -4.88. The van der Waals surface area contributed by atoms with Crippen LogP contribution < -0.4 is 10.4 Å². The summed E-state index contributed by atoms with van der Waals surface area (Å²) < 4.78 is 41.2. The van der Waals surface area contributed by atoms with Gasteiger partial charge in [-0.15, -0.1) is 0 Å². The molecular formula is C15H18F3NO. The van der Waals surface area contributed by atoms with Gasteiger partial charge in [0, 0.05) is 25.5 Å². The Balaban J connectivity index is 3.84. The Bertz CT molecular complexity index is 621. The Hall–Kier alpha value is -1.78. The third-order valence-electron chi connectivity index (χ3n) is 3.06. The van der Waals surface area contributed by atoms with E-state index in [1.807, 2.05) is 13.8 Å². The van der Waals surface area contributed by atoms with Gasteiger partial charge in [-0.1, -0.05) is 18.6 Å². The van der Waals surface area contributed by atoms with Crippen molar-refractivity contribution in [3.63, 3.8) is 0 Å². The van der Waals surface area contributed by atoms with Crippen LogP contribution in [0.25, 0.3) is 11.8 Å². The number of hydrogen-bond acceptors (Lipinski definition) is 2. The Morgan fingerprint density at radius 2 is 1.95 bits per heavy atom. The second kappa shape index (κ2) is 6.11. The number of benzene rings is 1. The van der Waals surface area contributed by atoms with E-state index in [1.165, 1.54) is 12.3 Å². The van der Waals surface area contributed by atoms with Crippen LogP contribution in [0.2, 0.25) is 0 Å². The smallest absolute Gasteiger partial charge is 0.330 e. The van der Waals surface area contributed by atoms with E-state index < -0.39 is 23.6 Å². The first-order valence-electron chi connectivity index (χ1n) is 6.25. The highest BCUT2D eigenvalue weighted by molar-refractivity contribution is 5.64. The summed E-state index contributed by atoms with van der Waals surface area (Å²) in [6.45, 7) is 3.72. The number of hydrogen-bond donors (Lipinski definition) is 0. The normalized spacial score (nSPS) is 14.2. The molecule has 0 saturated carbocycles. The number of aldehydes is 1. The minimum absolute atomic E-state index is 0.0772. The molecule has 0 unspecified atom stereocenters. The summed E-state index contributed by atoms with van der Waals surface area (Å²) in [6, 6.07) is 2.41. The maximum Gasteiger partial charge on any atom is 0.330 e. The molecule has 0 aliphatic heterocycles. The highest BCUT2D eigenvalue weighted by atomic mass is 19.3. The van der Waals surface area contributed by atoms with Gasteiger partial charge in [-0.25, -0.2) is 4.39 Å². The van der Waals surface area contributed by atoms with E-state index in [1.54, 1.807) is 19.0 Å². The molecule has 0 aromatic heterocycles. The number of halogens is 3. The van der Waals surface area contributed by atoms with Crippen LogP contribution in [0, 0.1) is 5.82 Å². The van der Waals surface area contributed by atoms with Crippen LogP contribution in [0.15, 0.2) is 12.1 Å². The average molecular weight is 285 g/mol. The fraction of sp³-hybridized carbons (Fsp3) is 0.400. The molecule has 0 heterocycles. The third kappa shape index (κ3) is 3.21. The summed E-state index contributed by atoms with van der Waals surface area (Å²) in [4.78, 5) is 12.0. The topological polar surface area (TPSA) is 20.3 Å². The summed E-state index contributed by atoms with van der Waals surface area (Å²) >= 11 is 0. The van der Waals surface area contributed by atoms with Gasteiger partial charge in [0.1, 0.15) is 5.82 Å². The van der Waals surface area contributed by atoms with E-state index in [4.69, 9.17) is 0 Å². The van der Waals surface area contributed by atoms with E-state index in [2.05, 4.69) is 0 Å². The molecule has 0 spiro atoms. The predicted molar refractivity (Wildman–Crippen MR) is 73.1 cm³/mol. The van der Waals surface area contributed by atoms with Gasteiger partial charge in [0.25, 0.3) is 0 Å². The number of carbonyl (C=O) groups is 1. The zero-order valence-electron chi connectivity index (χ0n) is 12.0. The van der Waals surface area contributed by atoms with E-state index >= 15 is 0 Å². The minimum atomic E-state index is -3.82. The number of alkyl halides is 2.